The van der Waals surface area contributed by atoms with Crippen LogP contribution in [-0.4, -0.2) is 4.57 Å². The Kier molecular flexibility index (Phi) is 5.06. The number of halogens is 2. The van der Waals surface area contributed by atoms with Crippen molar-refractivity contribution in [3.8, 4) is 11.3 Å². The molecule has 2 nitrogen and oxygen atoms in total. The molecule has 0 aliphatic carbocycles. The second-order valence-electron chi connectivity index (χ2n) is 7.10. The van der Waals surface area contributed by atoms with Gasteiger partial charge in [-0.1, -0.05) is 29.3 Å². The molecule has 134 valence electrons. The van der Waals surface area contributed by atoms with Crippen molar-refractivity contribution in [3.63, 3.8) is 0 Å². The van der Waals surface area contributed by atoms with Crippen molar-refractivity contribution in [2.24, 2.45) is 0 Å². The smallest absolute Gasteiger partial charge is 0.229 e. The van der Waals surface area contributed by atoms with E-state index in [0.29, 0.717) is 0 Å². The van der Waals surface area contributed by atoms with Gasteiger partial charge in [0.05, 0.1) is 6.54 Å². The number of hydrogen-bond donors (Lipinski definition) is 0. The minimum absolute atomic E-state index is 0.779. The zero-order valence-electron chi connectivity index (χ0n) is 15.0. The average molecular weight is 386 g/mol. The van der Waals surface area contributed by atoms with E-state index in [2.05, 4.69) is 40.5 Å². The summed E-state index contributed by atoms with van der Waals surface area (Å²) in [7, 11) is 0. The van der Waals surface area contributed by atoms with Crippen LogP contribution in [0.4, 0.5) is 0 Å². The zero-order chi connectivity index (χ0) is 18.1. The summed E-state index contributed by atoms with van der Waals surface area (Å²) in [5.41, 5.74) is 5.07. The van der Waals surface area contributed by atoms with Crippen LogP contribution < -0.4 is 4.57 Å². The average Bonchev–Trinajstić information content (AvgIpc) is 2.80. The van der Waals surface area contributed by atoms with Gasteiger partial charge in [0.2, 0.25) is 0 Å². The van der Waals surface area contributed by atoms with Gasteiger partial charge in [0.25, 0.3) is 5.82 Å². The molecule has 0 amide bonds. The Morgan fingerprint density at radius 2 is 1.73 bits per heavy atom. The highest BCUT2D eigenvalue weighted by Crippen LogP contribution is 2.26. The highest BCUT2D eigenvalue weighted by Gasteiger charge is 2.26. The number of fused-ring (bicyclic) bond motifs is 1. The number of aryl methyl sites for hydroxylation is 1. The van der Waals surface area contributed by atoms with Crippen LogP contribution in [0.5, 0.6) is 0 Å². The fraction of sp³-hybridized carbons (Fsp3) is 0.318. The quantitative estimate of drug-likeness (QED) is 0.501. The fourth-order valence-electron chi connectivity index (χ4n) is 3.85. The Bertz CT molecular complexity index is 926. The Morgan fingerprint density at radius 3 is 2.50 bits per heavy atom. The maximum absolute atomic E-state index is 6.13. The molecule has 0 N–H and O–H groups in total. The third kappa shape index (κ3) is 3.54. The van der Waals surface area contributed by atoms with Gasteiger partial charge in [-0.25, -0.2) is 9.13 Å². The van der Waals surface area contributed by atoms with Gasteiger partial charge in [0, 0.05) is 22.0 Å². The van der Waals surface area contributed by atoms with Gasteiger partial charge in [0.1, 0.15) is 12.7 Å². The first-order valence-electron chi connectivity index (χ1n) is 9.24. The molecule has 0 atom stereocenters. The van der Waals surface area contributed by atoms with E-state index in [-0.39, 0.29) is 0 Å². The van der Waals surface area contributed by atoms with E-state index in [1.165, 1.54) is 47.5 Å². The number of imidazole rings is 1. The normalized spacial score (nSPS) is 14.1. The van der Waals surface area contributed by atoms with E-state index >= 15 is 0 Å². The second kappa shape index (κ2) is 7.46. The molecule has 2 aromatic carbocycles. The highest BCUT2D eigenvalue weighted by atomic mass is 35.5. The van der Waals surface area contributed by atoms with E-state index in [4.69, 9.17) is 23.2 Å². The third-order valence-electron chi connectivity index (χ3n) is 5.28. The molecule has 1 aliphatic heterocycles. The lowest BCUT2D eigenvalue weighted by molar-refractivity contribution is -0.695. The molecule has 4 rings (SSSR count). The zero-order valence-corrected chi connectivity index (χ0v) is 16.5. The van der Waals surface area contributed by atoms with Crippen molar-refractivity contribution in [2.45, 2.75) is 45.7 Å². The SMILES string of the molecule is Cc1cc(Cl)ccc1C[n+]1cc(-c2ccc(Cl)cc2)n2c1CCCCC2. The summed E-state index contributed by atoms with van der Waals surface area (Å²) in [4.78, 5) is 0. The third-order valence-corrected chi connectivity index (χ3v) is 5.77. The van der Waals surface area contributed by atoms with Gasteiger partial charge < -0.3 is 0 Å². The van der Waals surface area contributed by atoms with Gasteiger partial charge in [-0.05, 0) is 73.7 Å². The molecule has 0 unspecified atom stereocenters. The minimum Gasteiger partial charge on any atom is -0.229 e. The van der Waals surface area contributed by atoms with Crippen molar-refractivity contribution in [3.05, 3.63) is 75.7 Å². The molecular formula is C22H23Cl2N2+. The van der Waals surface area contributed by atoms with Crippen molar-refractivity contribution in [1.29, 1.82) is 0 Å². The molecular weight excluding hydrogens is 363 g/mol. The predicted octanol–water partition coefficient (Wildman–Crippen LogP) is 5.83. The predicted molar refractivity (Wildman–Crippen MR) is 108 cm³/mol. The number of nitrogens with zero attached hydrogens (tertiary/aromatic N) is 2. The summed E-state index contributed by atoms with van der Waals surface area (Å²) in [6.07, 6.45) is 7.21. The van der Waals surface area contributed by atoms with E-state index in [0.717, 1.165) is 29.6 Å². The molecule has 1 aliphatic rings. The van der Waals surface area contributed by atoms with Crippen molar-refractivity contribution in [2.75, 3.05) is 0 Å². The van der Waals surface area contributed by atoms with E-state index < -0.39 is 0 Å². The van der Waals surface area contributed by atoms with Crippen LogP contribution in [0.2, 0.25) is 10.0 Å². The van der Waals surface area contributed by atoms with Crippen LogP contribution >= 0.6 is 23.2 Å². The van der Waals surface area contributed by atoms with Crippen LogP contribution in [0.1, 0.15) is 36.2 Å². The number of aromatic nitrogens is 2. The van der Waals surface area contributed by atoms with Gasteiger partial charge in [-0.15, -0.1) is 0 Å². The molecule has 0 radical (unpaired) electrons. The molecule has 2 heterocycles. The van der Waals surface area contributed by atoms with Gasteiger partial charge >= 0.3 is 0 Å². The van der Waals surface area contributed by atoms with E-state index in [9.17, 15) is 0 Å². The summed E-state index contributed by atoms with van der Waals surface area (Å²) < 4.78 is 4.92. The Hall–Kier alpha value is -1.77. The first-order valence-corrected chi connectivity index (χ1v) is 10.0. The number of hydrogen-bond acceptors (Lipinski definition) is 0. The molecule has 0 saturated heterocycles. The maximum Gasteiger partial charge on any atom is 0.257 e. The molecule has 26 heavy (non-hydrogen) atoms. The largest absolute Gasteiger partial charge is 0.257 e. The van der Waals surface area contributed by atoms with Crippen LogP contribution in [0.3, 0.4) is 0 Å². The van der Waals surface area contributed by atoms with Gasteiger partial charge in [-0.2, -0.15) is 0 Å². The standard InChI is InChI=1S/C22H23Cl2N2/c1-16-13-20(24)11-8-18(16)14-25-15-21(17-6-9-19(23)10-7-17)26-12-4-2-3-5-22(25)26/h6-11,13,15H,2-5,12,14H2,1H3/q+1. The second-order valence-corrected chi connectivity index (χ2v) is 7.97. The van der Waals surface area contributed by atoms with E-state index in [1.54, 1.807) is 0 Å². The lowest BCUT2D eigenvalue weighted by Gasteiger charge is -2.06. The monoisotopic (exact) mass is 385 g/mol. The number of benzene rings is 2. The highest BCUT2D eigenvalue weighted by molar-refractivity contribution is 6.30. The summed E-state index contributed by atoms with van der Waals surface area (Å²) in [5.74, 6) is 1.42. The van der Waals surface area contributed by atoms with Crippen LogP contribution in [0, 0.1) is 6.92 Å². The summed E-state index contributed by atoms with van der Waals surface area (Å²) in [5, 5.41) is 1.58. The molecule has 1 aromatic heterocycles. The van der Waals surface area contributed by atoms with Crippen molar-refractivity contribution >= 4 is 23.2 Å². The van der Waals surface area contributed by atoms with Crippen LogP contribution in [0.25, 0.3) is 11.3 Å². The molecule has 4 heteroatoms. The Labute approximate surface area is 165 Å². The van der Waals surface area contributed by atoms with Crippen molar-refractivity contribution < 1.29 is 4.57 Å². The summed E-state index contributed by atoms with van der Waals surface area (Å²) >= 11 is 12.2. The van der Waals surface area contributed by atoms with E-state index in [1.807, 2.05) is 24.3 Å². The maximum atomic E-state index is 6.13. The van der Waals surface area contributed by atoms with Crippen LogP contribution in [0.15, 0.2) is 48.7 Å². The van der Waals surface area contributed by atoms with Gasteiger partial charge in [-0.3, -0.25) is 0 Å². The van der Waals surface area contributed by atoms with Crippen molar-refractivity contribution in [1.82, 2.24) is 4.57 Å². The van der Waals surface area contributed by atoms with Gasteiger partial charge in [0.15, 0.2) is 5.69 Å². The lowest BCUT2D eigenvalue weighted by Crippen LogP contribution is -2.37. The first-order chi connectivity index (χ1) is 12.6. The first kappa shape index (κ1) is 17.6. The Morgan fingerprint density at radius 1 is 0.962 bits per heavy atom. The lowest BCUT2D eigenvalue weighted by atomic mass is 10.1. The topological polar surface area (TPSA) is 8.81 Å². The minimum atomic E-state index is 0.779. The fourth-order valence-corrected chi connectivity index (χ4v) is 4.20. The van der Waals surface area contributed by atoms with Crippen LogP contribution in [-0.2, 0) is 19.5 Å². The molecule has 3 aromatic rings. The molecule has 0 bridgehead atoms. The summed E-state index contributed by atoms with van der Waals surface area (Å²) in [6.45, 7) is 4.10. The Balaban J connectivity index is 1.78. The molecule has 0 saturated carbocycles. The molecule has 0 fully saturated rings. The summed E-state index contributed by atoms with van der Waals surface area (Å²) in [6, 6.07) is 14.4. The molecule has 0 spiro atoms. The number of rotatable bonds is 3.